The molecule has 1 aromatic carbocycles. The summed E-state index contributed by atoms with van der Waals surface area (Å²) < 4.78 is 22.6. The van der Waals surface area contributed by atoms with Gasteiger partial charge in [0.05, 0.1) is 4.90 Å². The third-order valence-corrected chi connectivity index (χ3v) is 4.25. The van der Waals surface area contributed by atoms with Crippen LogP contribution in [0.3, 0.4) is 0 Å². The predicted octanol–water partition coefficient (Wildman–Crippen LogP) is 2.38. The second-order valence-corrected chi connectivity index (χ2v) is 6.83. The van der Waals surface area contributed by atoms with E-state index in [1.54, 1.807) is 12.1 Å². The Balaban J connectivity index is 1.95. The third-order valence-electron chi connectivity index (χ3n) is 3.13. The lowest BCUT2D eigenvalue weighted by Crippen LogP contribution is -2.14. The summed E-state index contributed by atoms with van der Waals surface area (Å²) in [6.07, 6.45) is 7.88. The smallest absolute Gasteiger partial charge is 0.224 e. The van der Waals surface area contributed by atoms with Crippen molar-refractivity contribution in [2.24, 2.45) is 5.92 Å². The highest BCUT2D eigenvalue weighted by atomic mass is 32.2. The van der Waals surface area contributed by atoms with Gasteiger partial charge in [-0.25, -0.2) is 8.42 Å². The Morgan fingerprint density at radius 1 is 1.32 bits per heavy atom. The molecule has 0 bridgehead atoms. The van der Waals surface area contributed by atoms with Crippen molar-refractivity contribution >= 4 is 21.4 Å². The van der Waals surface area contributed by atoms with Crippen molar-refractivity contribution in [3.63, 3.8) is 0 Å². The minimum atomic E-state index is -3.19. The molecular formula is C14H17NO3S. The van der Waals surface area contributed by atoms with E-state index >= 15 is 0 Å². The molecule has 0 aliphatic heterocycles. The lowest BCUT2D eigenvalue weighted by Gasteiger charge is -2.09. The highest BCUT2D eigenvalue weighted by Gasteiger charge is 2.14. The van der Waals surface area contributed by atoms with Gasteiger partial charge in [0.2, 0.25) is 5.91 Å². The number of carbonyl (C=O) groups is 1. The van der Waals surface area contributed by atoms with E-state index in [9.17, 15) is 13.2 Å². The number of amides is 1. The highest BCUT2D eigenvalue weighted by Crippen LogP contribution is 2.21. The van der Waals surface area contributed by atoms with Crippen LogP contribution >= 0.6 is 0 Å². The Morgan fingerprint density at radius 2 is 2.00 bits per heavy atom. The Kier molecular flexibility index (Phi) is 4.04. The summed E-state index contributed by atoms with van der Waals surface area (Å²) in [6.45, 7) is 0. The van der Waals surface area contributed by atoms with Crippen LogP contribution in [0.2, 0.25) is 0 Å². The summed E-state index contributed by atoms with van der Waals surface area (Å²) in [4.78, 5) is 12.0. The first-order chi connectivity index (χ1) is 8.95. The molecule has 4 nitrogen and oxygen atoms in total. The number of nitrogens with one attached hydrogen (secondary N) is 1. The molecule has 0 spiro atoms. The van der Waals surface area contributed by atoms with E-state index in [2.05, 4.69) is 17.5 Å². The maximum absolute atomic E-state index is 11.8. The number of carbonyl (C=O) groups excluding carboxylic acids is 1. The topological polar surface area (TPSA) is 63.2 Å². The molecule has 19 heavy (non-hydrogen) atoms. The first kappa shape index (κ1) is 13.8. The summed E-state index contributed by atoms with van der Waals surface area (Å²) >= 11 is 0. The Bertz CT molecular complexity index is 588. The van der Waals surface area contributed by atoms with Crippen molar-refractivity contribution < 1.29 is 13.2 Å². The van der Waals surface area contributed by atoms with Crippen LogP contribution in [0, 0.1) is 5.92 Å². The van der Waals surface area contributed by atoms with Crippen molar-refractivity contribution in [1.29, 1.82) is 0 Å². The maximum Gasteiger partial charge on any atom is 0.224 e. The molecule has 0 saturated carbocycles. The van der Waals surface area contributed by atoms with Crippen LogP contribution in [-0.4, -0.2) is 20.6 Å². The highest BCUT2D eigenvalue weighted by molar-refractivity contribution is 7.90. The molecule has 1 amide bonds. The zero-order valence-electron chi connectivity index (χ0n) is 10.8. The maximum atomic E-state index is 11.8. The first-order valence-corrected chi connectivity index (χ1v) is 8.11. The van der Waals surface area contributed by atoms with Crippen LogP contribution in [0.25, 0.3) is 0 Å². The fourth-order valence-electron chi connectivity index (χ4n) is 2.10. The zero-order chi connectivity index (χ0) is 13.9. The molecular weight excluding hydrogens is 262 g/mol. The SMILES string of the molecule is CS(=O)(=O)c1ccc(NC(=O)CC2C=CCC2)cc1. The zero-order valence-corrected chi connectivity index (χ0v) is 11.6. The third kappa shape index (κ3) is 3.92. The van der Waals surface area contributed by atoms with Gasteiger partial charge >= 0.3 is 0 Å². The molecule has 2 rings (SSSR count). The average Bonchev–Trinajstić information content (AvgIpc) is 2.81. The minimum Gasteiger partial charge on any atom is -0.326 e. The van der Waals surface area contributed by atoms with Crippen LogP contribution in [-0.2, 0) is 14.6 Å². The largest absolute Gasteiger partial charge is 0.326 e. The van der Waals surface area contributed by atoms with Gasteiger partial charge in [0.15, 0.2) is 9.84 Å². The van der Waals surface area contributed by atoms with Gasteiger partial charge in [-0.3, -0.25) is 4.79 Å². The van der Waals surface area contributed by atoms with E-state index < -0.39 is 9.84 Å². The molecule has 0 fully saturated rings. The van der Waals surface area contributed by atoms with E-state index in [1.807, 2.05) is 0 Å². The molecule has 1 atom stereocenters. The van der Waals surface area contributed by atoms with Gasteiger partial charge in [-0.2, -0.15) is 0 Å². The second-order valence-electron chi connectivity index (χ2n) is 4.81. The number of hydrogen-bond acceptors (Lipinski definition) is 3. The molecule has 0 heterocycles. The molecule has 5 heteroatoms. The van der Waals surface area contributed by atoms with E-state index in [-0.39, 0.29) is 10.8 Å². The van der Waals surface area contributed by atoms with Gasteiger partial charge in [-0.05, 0) is 43.0 Å². The fraction of sp³-hybridized carbons (Fsp3) is 0.357. The molecule has 102 valence electrons. The summed E-state index contributed by atoms with van der Waals surface area (Å²) in [5.74, 6) is 0.291. The normalized spacial score (nSPS) is 18.5. The molecule has 1 aliphatic carbocycles. The number of allylic oxidation sites excluding steroid dienone is 2. The monoisotopic (exact) mass is 279 g/mol. The van der Waals surface area contributed by atoms with Crippen molar-refractivity contribution in [2.45, 2.75) is 24.2 Å². The first-order valence-electron chi connectivity index (χ1n) is 6.22. The quantitative estimate of drug-likeness (QED) is 0.861. The lowest BCUT2D eigenvalue weighted by atomic mass is 10.1. The average molecular weight is 279 g/mol. The van der Waals surface area contributed by atoms with Gasteiger partial charge < -0.3 is 5.32 Å². The van der Waals surface area contributed by atoms with Crippen molar-refractivity contribution in [1.82, 2.24) is 0 Å². The van der Waals surface area contributed by atoms with E-state index in [4.69, 9.17) is 0 Å². The summed E-state index contributed by atoms with van der Waals surface area (Å²) in [6, 6.07) is 6.22. The lowest BCUT2D eigenvalue weighted by molar-refractivity contribution is -0.116. The van der Waals surface area contributed by atoms with E-state index in [1.165, 1.54) is 12.1 Å². The van der Waals surface area contributed by atoms with Gasteiger partial charge in [0, 0.05) is 18.4 Å². The molecule has 0 radical (unpaired) electrons. The summed E-state index contributed by atoms with van der Waals surface area (Å²) in [5, 5.41) is 2.78. The van der Waals surface area contributed by atoms with Crippen molar-refractivity contribution in [2.75, 3.05) is 11.6 Å². The molecule has 1 aromatic rings. The molecule has 1 aliphatic rings. The van der Waals surface area contributed by atoms with Crippen LogP contribution in [0.4, 0.5) is 5.69 Å². The predicted molar refractivity (Wildman–Crippen MR) is 74.7 cm³/mol. The Morgan fingerprint density at radius 3 is 2.53 bits per heavy atom. The standard InChI is InChI=1S/C14H17NO3S/c1-19(17,18)13-8-6-12(7-9-13)15-14(16)10-11-4-2-3-5-11/h2,4,6-9,11H,3,5,10H2,1H3,(H,15,16). The van der Waals surface area contributed by atoms with Gasteiger partial charge in [0.1, 0.15) is 0 Å². The Hall–Kier alpha value is -1.62. The summed E-state index contributed by atoms with van der Waals surface area (Å²) in [5.41, 5.74) is 0.624. The van der Waals surface area contributed by atoms with Crippen LogP contribution in [0.1, 0.15) is 19.3 Å². The van der Waals surface area contributed by atoms with Crippen LogP contribution in [0.15, 0.2) is 41.3 Å². The van der Waals surface area contributed by atoms with Crippen molar-refractivity contribution in [3.8, 4) is 0 Å². The minimum absolute atomic E-state index is 0.0383. The van der Waals surface area contributed by atoms with Crippen LogP contribution in [0.5, 0.6) is 0 Å². The number of hydrogen-bond donors (Lipinski definition) is 1. The summed E-state index contributed by atoms with van der Waals surface area (Å²) in [7, 11) is -3.19. The van der Waals surface area contributed by atoms with Gasteiger partial charge in [-0.15, -0.1) is 0 Å². The fourth-order valence-corrected chi connectivity index (χ4v) is 2.73. The molecule has 1 N–H and O–H groups in total. The van der Waals surface area contributed by atoms with Crippen LogP contribution < -0.4 is 5.32 Å². The number of benzene rings is 1. The molecule has 0 saturated heterocycles. The molecule has 1 unspecified atom stereocenters. The molecule has 0 aromatic heterocycles. The van der Waals surface area contributed by atoms with Gasteiger partial charge in [0.25, 0.3) is 0 Å². The Labute approximate surface area is 113 Å². The number of rotatable bonds is 4. The van der Waals surface area contributed by atoms with E-state index in [0.29, 0.717) is 18.0 Å². The number of anilines is 1. The van der Waals surface area contributed by atoms with Crippen molar-refractivity contribution in [3.05, 3.63) is 36.4 Å². The van der Waals surface area contributed by atoms with E-state index in [0.717, 1.165) is 19.1 Å². The number of sulfone groups is 1. The second kappa shape index (κ2) is 5.57. The van der Waals surface area contributed by atoms with Gasteiger partial charge in [-0.1, -0.05) is 12.2 Å².